The van der Waals surface area contributed by atoms with Gasteiger partial charge in [-0.25, -0.2) is 0 Å². The van der Waals surface area contributed by atoms with Crippen LogP contribution in [-0.4, -0.2) is 34.1 Å². The molecule has 0 aliphatic carbocycles. The van der Waals surface area contributed by atoms with Crippen molar-refractivity contribution in [3.8, 4) is 11.1 Å². The van der Waals surface area contributed by atoms with Crippen molar-refractivity contribution in [1.82, 2.24) is 15.3 Å². The lowest BCUT2D eigenvalue weighted by Gasteiger charge is -2.22. The van der Waals surface area contributed by atoms with Gasteiger partial charge in [0.05, 0.1) is 0 Å². The quantitative estimate of drug-likeness (QED) is 0.353. The van der Waals surface area contributed by atoms with Crippen molar-refractivity contribution >= 4 is 5.91 Å². The Balaban J connectivity index is 1.64. The molecule has 0 aliphatic rings. The van der Waals surface area contributed by atoms with Gasteiger partial charge in [0.2, 0.25) is 0 Å². The number of nitrogens with zero attached hydrogens (tertiary/aromatic N) is 2. The number of aliphatic hydroxyl groups is 1. The van der Waals surface area contributed by atoms with Crippen LogP contribution in [-0.2, 0) is 6.42 Å². The zero-order chi connectivity index (χ0) is 24.7. The summed E-state index contributed by atoms with van der Waals surface area (Å²) in [7, 11) is 0. The first-order valence-electron chi connectivity index (χ1n) is 11.8. The third-order valence-corrected chi connectivity index (χ3v) is 6.21. The minimum atomic E-state index is -0.368. The second-order valence-electron chi connectivity index (χ2n) is 9.57. The van der Waals surface area contributed by atoms with Crippen LogP contribution in [0.3, 0.4) is 0 Å². The van der Waals surface area contributed by atoms with Crippen LogP contribution in [0.5, 0.6) is 0 Å². The average molecular weight is 466 g/mol. The number of carbonyl (C=O) groups excluding carboxylic acids is 1. The Morgan fingerprint density at radius 1 is 0.914 bits per heavy atom. The summed E-state index contributed by atoms with van der Waals surface area (Å²) in [5.74, 6) is -0.0415. The van der Waals surface area contributed by atoms with E-state index in [1.807, 2.05) is 68.7 Å². The fourth-order valence-corrected chi connectivity index (χ4v) is 4.10. The molecule has 0 saturated heterocycles. The minimum Gasteiger partial charge on any atom is -0.396 e. The van der Waals surface area contributed by atoms with Crippen LogP contribution in [0.4, 0.5) is 0 Å². The van der Waals surface area contributed by atoms with Crippen LogP contribution in [0.1, 0.15) is 46.8 Å². The number of carbonyl (C=O) groups is 1. The first kappa shape index (κ1) is 24.3. The summed E-state index contributed by atoms with van der Waals surface area (Å²) in [5.41, 5.74) is 5.77. The summed E-state index contributed by atoms with van der Waals surface area (Å²) in [4.78, 5) is 21.5. The number of aromatic nitrogens is 2. The van der Waals surface area contributed by atoms with Gasteiger partial charge in [0.15, 0.2) is 0 Å². The molecule has 0 unspecified atom stereocenters. The van der Waals surface area contributed by atoms with Crippen LogP contribution in [0.15, 0.2) is 97.6 Å². The van der Waals surface area contributed by atoms with Crippen molar-refractivity contribution in [2.24, 2.45) is 5.41 Å². The average Bonchev–Trinajstić information content (AvgIpc) is 2.91. The van der Waals surface area contributed by atoms with Crippen molar-refractivity contribution in [3.63, 3.8) is 0 Å². The van der Waals surface area contributed by atoms with Crippen LogP contribution >= 0.6 is 0 Å². The van der Waals surface area contributed by atoms with Crippen molar-refractivity contribution in [3.05, 3.63) is 120 Å². The second-order valence-corrected chi connectivity index (χ2v) is 9.57. The first-order chi connectivity index (χ1) is 17.0. The van der Waals surface area contributed by atoms with E-state index in [0.717, 1.165) is 28.7 Å². The predicted molar refractivity (Wildman–Crippen MR) is 139 cm³/mol. The molecular weight excluding hydrogens is 434 g/mol. The van der Waals surface area contributed by atoms with Crippen molar-refractivity contribution in [2.45, 2.75) is 26.2 Å². The lowest BCUT2D eigenvalue weighted by Crippen LogP contribution is -2.36. The van der Waals surface area contributed by atoms with E-state index in [1.165, 1.54) is 5.56 Å². The van der Waals surface area contributed by atoms with Crippen molar-refractivity contribution < 1.29 is 9.90 Å². The third kappa shape index (κ3) is 6.19. The molecule has 2 heterocycles. The van der Waals surface area contributed by atoms with E-state index in [-0.39, 0.29) is 23.8 Å². The molecule has 0 radical (unpaired) electrons. The highest BCUT2D eigenvalue weighted by Crippen LogP contribution is 2.32. The number of aliphatic hydroxyl groups excluding tert-OH is 1. The number of benzene rings is 2. The molecule has 0 bridgehead atoms. The molecule has 5 heteroatoms. The molecule has 0 aliphatic heterocycles. The predicted octanol–water partition coefficient (Wildman–Crippen LogP) is 5.27. The highest BCUT2D eigenvalue weighted by Gasteiger charge is 2.20. The molecule has 5 nitrogen and oxygen atoms in total. The summed E-state index contributed by atoms with van der Waals surface area (Å²) in [6, 6.07) is 24.2. The fourth-order valence-electron chi connectivity index (χ4n) is 4.10. The summed E-state index contributed by atoms with van der Waals surface area (Å²) >= 11 is 0. The summed E-state index contributed by atoms with van der Waals surface area (Å²) < 4.78 is 0. The number of hydrogen-bond acceptors (Lipinski definition) is 4. The summed E-state index contributed by atoms with van der Waals surface area (Å²) in [6.07, 6.45) is 8.18. The van der Waals surface area contributed by atoms with E-state index in [4.69, 9.17) is 0 Å². The SMILES string of the molecule is CC(C)(CO)CNC(=O)c1cccc(-c2ccccc2CC(c2cccnc2)c2cccnc2)c1. The first-order valence-corrected chi connectivity index (χ1v) is 11.8. The van der Waals surface area contributed by atoms with Gasteiger partial charge in [-0.15, -0.1) is 0 Å². The van der Waals surface area contributed by atoms with Gasteiger partial charge in [-0.05, 0) is 58.5 Å². The van der Waals surface area contributed by atoms with Gasteiger partial charge in [-0.1, -0.05) is 62.4 Å². The maximum Gasteiger partial charge on any atom is 0.251 e. The van der Waals surface area contributed by atoms with E-state index in [1.54, 1.807) is 12.4 Å². The number of hydrogen-bond donors (Lipinski definition) is 2. The van der Waals surface area contributed by atoms with Gasteiger partial charge in [0.25, 0.3) is 5.91 Å². The molecule has 1 amide bonds. The van der Waals surface area contributed by atoms with E-state index in [9.17, 15) is 9.90 Å². The Morgan fingerprint density at radius 3 is 2.23 bits per heavy atom. The van der Waals surface area contributed by atoms with Gasteiger partial charge < -0.3 is 10.4 Å². The highest BCUT2D eigenvalue weighted by atomic mass is 16.3. The lowest BCUT2D eigenvalue weighted by atomic mass is 9.85. The van der Waals surface area contributed by atoms with Gasteiger partial charge >= 0.3 is 0 Å². The normalized spacial score (nSPS) is 11.4. The Kier molecular flexibility index (Phi) is 7.68. The minimum absolute atomic E-state index is 0.00965. The zero-order valence-electron chi connectivity index (χ0n) is 20.2. The maximum atomic E-state index is 12.8. The smallest absolute Gasteiger partial charge is 0.251 e. The zero-order valence-corrected chi connectivity index (χ0v) is 20.2. The standard InChI is InChI=1S/C30H31N3O2/c1-30(2,21-34)20-33-29(35)24-10-5-9-22(16-24)27-13-4-3-8-23(27)17-28(25-11-6-14-31-18-25)26-12-7-15-32-19-26/h3-16,18-19,28,34H,17,20-21H2,1-2H3,(H,33,35). The molecule has 0 fully saturated rings. The van der Waals surface area contributed by atoms with E-state index in [0.29, 0.717) is 12.1 Å². The Bertz CT molecular complexity index is 1220. The molecule has 4 rings (SSSR count). The summed E-state index contributed by atoms with van der Waals surface area (Å²) in [6.45, 7) is 4.25. The molecule has 0 spiro atoms. The number of rotatable bonds is 9. The number of nitrogens with one attached hydrogen (secondary N) is 1. The van der Waals surface area contributed by atoms with Gasteiger partial charge in [0, 0.05) is 54.8 Å². The topological polar surface area (TPSA) is 75.1 Å². The fraction of sp³-hybridized carbons (Fsp3) is 0.233. The number of amides is 1. The van der Waals surface area contributed by atoms with Gasteiger partial charge in [0.1, 0.15) is 0 Å². The molecular formula is C30H31N3O2. The van der Waals surface area contributed by atoms with Gasteiger partial charge in [-0.2, -0.15) is 0 Å². The third-order valence-electron chi connectivity index (χ3n) is 6.21. The van der Waals surface area contributed by atoms with Crippen LogP contribution in [0, 0.1) is 5.41 Å². The maximum absolute atomic E-state index is 12.8. The molecule has 35 heavy (non-hydrogen) atoms. The molecule has 0 atom stereocenters. The van der Waals surface area contributed by atoms with Crippen LogP contribution in [0.2, 0.25) is 0 Å². The van der Waals surface area contributed by atoms with Crippen molar-refractivity contribution in [2.75, 3.05) is 13.2 Å². The largest absolute Gasteiger partial charge is 0.396 e. The number of pyridine rings is 2. The molecule has 2 aromatic carbocycles. The molecule has 2 N–H and O–H groups in total. The monoisotopic (exact) mass is 465 g/mol. The molecule has 0 saturated carbocycles. The Morgan fingerprint density at radius 2 is 1.60 bits per heavy atom. The van der Waals surface area contributed by atoms with E-state index in [2.05, 4.69) is 45.6 Å². The highest BCUT2D eigenvalue weighted by molar-refractivity contribution is 5.95. The van der Waals surface area contributed by atoms with Gasteiger partial charge in [-0.3, -0.25) is 14.8 Å². The Hall–Kier alpha value is -3.83. The van der Waals surface area contributed by atoms with Crippen molar-refractivity contribution in [1.29, 1.82) is 0 Å². The van der Waals surface area contributed by atoms with E-state index >= 15 is 0 Å². The second kappa shape index (κ2) is 11.1. The molecule has 4 aromatic rings. The van der Waals surface area contributed by atoms with Crippen LogP contribution in [0.25, 0.3) is 11.1 Å². The van der Waals surface area contributed by atoms with Crippen LogP contribution < -0.4 is 5.32 Å². The summed E-state index contributed by atoms with van der Waals surface area (Å²) in [5, 5.41) is 12.4. The Labute approximate surface area is 206 Å². The molecule has 178 valence electrons. The molecule has 2 aromatic heterocycles. The lowest BCUT2D eigenvalue weighted by molar-refractivity contribution is 0.0911. The van der Waals surface area contributed by atoms with E-state index < -0.39 is 0 Å².